The van der Waals surface area contributed by atoms with E-state index in [4.69, 9.17) is 9.47 Å². The maximum atomic E-state index is 12.3. The van der Waals surface area contributed by atoms with Crippen LogP contribution in [0.4, 0.5) is 0 Å². The lowest BCUT2D eigenvalue weighted by Crippen LogP contribution is -2.40. The van der Waals surface area contributed by atoms with Gasteiger partial charge in [-0.2, -0.15) is 0 Å². The summed E-state index contributed by atoms with van der Waals surface area (Å²) < 4.78 is 10.7. The van der Waals surface area contributed by atoms with Gasteiger partial charge in [-0.05, 0) is 53.9 Å². The molecule has 0 aliphatic heterocycles. The van der Waals surface area contributed by atoms with E-state index >= 15 is 0 Å². The van der Waals surface area contributed by atoms with E-state index in [-0.39, 0.29) is 18.1 Å². The smallest absolute Gasteiger partial charge is 0.321 e. The zero-order valence-electron chi connectivity index (χ0n) is 13.8. The number of carbonyl (C=O) groups excluding carboxylic acids is 3. The van der Waals surface area contributed by atoms with E-state index in [1.165, 1.54) is 0 Å². The minimum absolute atomic E-state index is 0.0807. The van der Waals surface area contributed by atoms with Gasteiger partial charge < -0.3 is 9.47 Å². The van der Waals surface area contributed by atoms with Crippen LogP contribution in [0.5, 0.6) is 0 Å². The molecule has 120 valence electrons. The molecule has 1 fully saturated rings. The van der Waals surface area contributed by atoms with E-state index in [0.717, 1.165) is 0 Å². The van der Waals surface area contributed by atoms with Crippen LogP contribution in [-0.2, 0) is 23.9 Å². The second kappa shape index (κ2) is 6.16. The third-order valence-corrected chi connectivity index (χ3v) is 3.08. The predicted molar refractivity (Wildman–Crippen MR) is 77.5 cm³/mol. The van der Waals surface area contributed by atoms with Crippen molar-refractivity contribution in [1.29, 1.82) is 0 Å². The molecule has 0 bridgehead atoms. The lowest BCUT2D eigenvalue weighted by Gasteiger charge is -2.28. The highest BCUT2D eigenvalue weighted by molar-refractivity contribution is 5.97. The third-order valence-electron chi connectivity index (χ3n) is 3.08. The number of Topliss-reactive ketones (excluding diaryl/α,β-unsaturated/α-hetero) is 1. The van der Waals surface area contributed by atoms with Crippen molar-refractivity contribution in [3.8, 4) is 0 Å². The summed E-state index contributed by atoms with van der Waals surface area (Å²) in [5.74, 6) is -2.46. The second-order valence-electron chi connectivity index (χ2n) is 7.59. The molecule has 0 N–H and O–H groups in total. The van der Waals surface area contributed by atoms with E-state index in [0.29, 0.717) is 12.8 Å². The molecule has 1 saturated carbocycles. The van der Waals surface area contributed by atoms with Crippen LogP contribution >= 0.6 is 0 Å². The maximum absolute atomic E-state index is 12.3. The summed E-state index contributed by atoms with van der Waals surface area (Å²) in [7, 11) is 0. The molecule has 0 amide bonds. The summed E-state index contributed by atoms with van der Waals surface area (Å²) in [4.78, 5) is 36.2. The molecule has 0 aromatic rings. The average Bonchev–Trinajstić information content (AvgIpc) is 2.58. The Bertz CT molecular complexity index is 397. The molecule has 1 aliphatic rings. The summed E-state index contributed by atoms with van der Waals surface area (Å²) in [5.41, 5.74) is -1.36. The van der Waals surface area contributed by atoms with Gasteiger partial charge in [-0.15, -0.1) is 0 Å². The van der Waals surface area contributed by atoms with Gasteiger partial charge >= 0.3 is 11.9 Å². The highest BCUT2D eigenvalue weighted by Crippen LogP contribution is 2.32. The molecule has 0 saturated heterocycles. The SMILES string of the molecule is CC(C)(C)OC(=O)C(C(=O)OC(C)(C)C)C1CCC(=O)C1. The van der Waals surface area contributed by atoms with Crippen molar-refractivity contribution in [3.05, 3.63) is 0 Å². The molecule has 1 aliphatic carbocycles. The molecule has 1 atom stereocenters. The molecule has 0 radical (unpaired) electrons. The molecule has 1 unspecified atom stereocenters. The topological polar surface area (TPSA) is 69.7 Å². The van der Waals surface area contributed by atoms with Gasteiger partial charge in [0.05, 0.1) is 0 Å². The summed E-state index contributed by atoms with van der Waals surface area (Å²) in [6, 6.07) is 0. The van der Waals surface area contributed by atoms with Crippen molar-refractivity contribution in [1.82, 2.24) is 0 Å². The molecule has 0 aromatic heterocycles. The Kier molecular flexibility index (Phi) is 5.18. The van der Waals surface area contributed by atoms with Crippen molar-refractivity contribution in [2.24, 2.45) is 11.8 Å². The van der Waals surface area contributed by atoms with Crippen molar-refractivity contribution < 1.29 is 23.9 Å². The Morgan fingerprint density at radius 1 is 1.00 bits per heavy atom. The molecule has 5 nitrogen and oxygen atoms in total. The monoisotopic (exact) mass is 298 g/mol. The molecule has 21 heavy (non-hydrogen) atoms. The van der Waals surface area contributed by atoms with Crippen LogP contribution in [0.3, 0.4) is 0 Å². The quantitative estimate of drug-likeness (QED) is 0.592. The minimum atomic E-state index is -1.02. The fourth-order valence-electron chi connectivity index (χ4n) is 2.34. The first kappa shape index (κ1) is 17.7. The normalized spacial score (nSPS) is 19.8. The summed E-state index contributed by atoms with van der Waals surface area (Å²) in [5, 5.41) is 0. The average molecular weight is 298 g/mol. The summed E-state index contributed by atoms with van der Waals surface area (Å²) in [6.07, 6.45) is 1.18. The number of hydrogen-bond donors (Lipinski definition) is 0. The van der Waals surface area contributed by atoms with Gasteiger partial charge in [-0.1, -0.05) is 0 Å². The standard InChI is InChI=1S/C16H26O5/c1-15(2,3)20-13(18)12(10-7-8-11(17)9-10)14(19)21-16(4,5)6/h10,12H,7-9H2,1-6H3. The highest BCUT2D eigenvalue weighted by Gasteiger charge is 2.43. The summed E-state index contributed by atoms with van der Waals surface area (Å²) in [6.45, 7) is 10.5. The van der Waals surface area contributed by atoms with Crippen LogP contribution in [0.25, 0.3) is 0 Å². The first-order valence-corrected chi connectivity index (χ1v) is 7.36. The van der Waals surface area contributed by atoms with Gasteiger partial charge in [0.15, 0.2) is 5.92 Å². The Labute approximate surface area is 126 Å². The Morgan fingerprint density at radius 3 is 1.71 bits per heavy atom. The zero-order chi connectivity index (χ0) is 16.4. The van der Waals surface area contributed by atoms with Crippen LogP contribution in [0.2, 0.25) is 0 Å². The fraction of sp³-hybridized carbons (Fsp3) is 0.812. The lowest BCUT2D eigenvalue weighted by atomic mass is 9.90. The lowest BCUT2D eigenvalue weighted by molar-refractivity contribution is -0.177. The van der Waals surface area contributed by atoms with E-state index in [1.807, 2.05) is 0 Å². The van der Waals surface area contributed by atoms with Crippen LogP contribution < -0.4 is 0 Å². The highest BCUT2D eigenvalue weighted by atomic mass is 16.6. The Morgan fingerprint density at radius 2 is 1.43 bits per heavy atom. The molecule has 0 spiro atoms. The van der Waals surface area contributed by atoms with Crippen LogP contribution in [0.1, 0.15) is 60.8 Å². The molecule has 1 rings (SSSR count). The Hall–Kier alpha value is -1.39. The maximum Gasteiger partial charge on any atom is 0.321 e. The second-order valence-corrected chi connectivity index (χ2v) is 7.59. The van der Waals surface area contributed by atoms with Crippen LogP contribution in [0.15, 0.2) is 0 Å². The molecule has 0 aromatic carbocycles. The molecule has 0 heterocycles. The minimum Gasteiger partial charge on any atom is -0.459 e. The van der Waals surface area contributed by atoms with Crippen LogP contribution in [0, 0.1) is 11.8 Å². The Balaban J connectivity index is 2.92. The van der Waals surface area contributed by atoms with Gasteiger partial charge in [0.2, 0.25) is 0 Å². The summed E-state index contributed by atoms with van der Waals surface area (Å²) >= 11 is 0. The largest absolute Gasteiger partial charge is 0.459 e. The van der Waals surface area contributed by atoms with Gasteiger partial charge in [0.1, 0.15) is 17.0 Å². The number of ether oxygens (including phenoxy) is 2. The third kappa shape index (κ3) is 5.86. The van der Waals surface area contributed by atoms with E-state index < -0.39 is 29.1 Å². The number of hydrogen-bond acceptors (Lipinski definition) is 5. The van der Waals surface area contributed by atoms with Gasteiger partial charge in [0.25, 0.3) is 0 Å². The van der Waals surface area contributed by atoms with Gasteiger partial charge in [0, 0.05) is 12.8 Å². The number of esters is 2. The number of rotatable bonds is 3. The first-order valence-electron chi connectivity index (χ1n) is 7.36. The number of ketones is 1. The van der Waals surface area contributed by atoms with Crippen molar-refractivity contribution in [2.75, 3.05) is 0 Å². The van der Waals surface area contributed by atoms with Crippen molar-refractivity contribution in [2.45, 2.75) is 72.0 Å². The van der Waals surface area contributed by atoms with Gasteiger partial charge in [-0.25, -0.2) is 0 Å². The fourth-order valence-corrected chi connectivity index (χ4v) is 2.34. The molecule has 5 heteroatoms. The van der Waals surface area contributed by atoms with Crippen molar-refractivity contribution in [3.63, 3.8) is 0 Å². The van der Waals surface area contributed by atoms with E-state index in [1.54, 1.807) is 41.5 Å². The molecular formula is C16H26O5. The van der Waals surface area contributed by atoms with Crippen molar-refractivity contribution >= 4 is 17.7 Å². The van der Waals surface area contributed by atoms with Gasteiger partial charge in [-0.3, -0.25) is 14.4 Å². The van der Waals surface area contributed by atoms with Crippen LogP contribution in [-0.4, -0.2) is 28.9 Å². The zero-order valence-corrected chi connectivity index (χ0v) is 13.8. The number of carbonyl (C=O) groups is 3. The van der Waals surface area contributed by atoms with E-state index in [2.05, 4.69) is 0 Å². The molecular weight excluding hydrogens is 272 g/mol. The first-order chi connectivity index (χ1) is 9.39. The van der Waals surface area contributed by atoms with E-state index in [9.17, 15) is 14.4 Å². The predicted octanol–water partition coefficient (Wildman–Crippen LogP) is 2.66.